The lowest BCUT2D eigenvalue weighted by Crippen LogP contribution is -2.18. The van der Waals surface area contributed by atoms with Crippen molar-refractivity contribution in [1.29, 1.82) is 0 Å². The Hall–Kier alpha value is -2.82. The van der Waals surface area contributed by atoms with Gasteiger partial charge < -0.3 is 14.6 Å². The van der Waals surface area contributed by atoms with Gasteiger partial charge in [0.05, 0.1) is 12.3 Å². The van der Waals surface area contributed by atoms with Crippen molar-refractivity contribution in [3.8, 4) is 5.75 Å². The van der Waals surface area contributed by atoms with Crippen molar-refractivity contribution < 1.29 is 13.9 Å². The number of hydrogen-bond donors (Lipinski definition) is 1. The Morgan fingerprint density at radius 1 is 1.22 bits per heavy atom. The summed E-state index contributed by atoms with van der Waals surface area (Å²) in [5, 5.41) is 3.58. The standard InChI is InChI=1S/C18H17FN2O2/c1-2-23-14-7-8-17-13(11-14)9-10-21(17)12-18(22)20-16-6-4-3-5-15(16)19/h3-11H,2,12H2,1H3,(H,20,22). The van der Waals surface area contributed by atoms with E-state index in [1.165, 1.54) is 12.1 Å². The molecule has 0 aliphatic carbocycles. The van der Waals surface area contributed by atoms with Crippen molar-refractivity contribution in [2.24, 2.45) is 0 Å². The molecule has 23 heavy (non-hydrogen) atoms. The maximum absolute atomic E-state index is 13.6. The first-order valence-corrected chi connectivity index (χ1v) is 7.43. The molecule has 1 N–H and O–H groups in total. The van der Waals surface area contributed by atoms with Crippen LogP contribution in [0.15, 0.2) is 54.7 Å². The van der Waals surface area contributed by atoms with E-state index in [-0.39, 0.29) is 18.1 Å². The van der Waals surface area contributed by atoms with Gasteiger partial charge in [-0.1, -0.05) is 12.1 Å². The Labute approximate surface area is 133 Å². The van der Waals surface area contributed by atoms with Gasteiger partial charge in [-0.25, -0.2) is 4.39 Å². The van der Waals surface area contributed by atoms with Gasteiger partial charge in [-0.3, -0.25) is 4.79 Å². The van der Waals surface area contributed by atoms with Gasteiger partial charge in [-0.2, -0.15) is 0 Å². The minimum Gasteiger partial charge on any atom is -0.494 e. The molecule has 4 nitrogen and oxygen atoms in total. The van der Waals surface area contributed by atoms with E-state index in [0.29, 0.717) is 6.61 Å². The number of anilines is 1. The quantitative estimate of drug-likeness (QED) is 0.778. The number of hydrogen-bond acceptors (Lipinski definition) is 2. The van der Waals surface area contributed by atoms with Crippen LogP contribution < -0.4 is 10.1 Å². The Morgan fingerprint density at radius 2 is 2.04 bits per heavy atom. The van der Waals surface area contributed by atoms with E-state index in [2.05, 4.69) is 5.32 Å². The third-order valence-corrected chi connectivity index (χ3v) is 3.52. The number of ether oxygens (including phenoxy) is 1. The van der Waals surface area contributed by atoms with Crippen LogP contribution in [0.5, 0.6) is 5.75 Å². The summed E-state index contributed by atoms with van der Waals surface area (Å²) in [5.41, 5.74) is 1.12. The predicted molar refractivity (Wildman–Crippen MR) is 88.1 cm³/mol. The zero-order chi connectivity index (χ0) is 16.2. The van der Waals surface area contributed by atoms with E-state index in [1.54, 1.807) is 12.1 Å². The van der Waals surface area contributed by atoms with Gasteiger partial charge in [-0.15, -0.1) is 0 Å². The normalized spacial score (nSPS) is 10.7. The van der Waals surface area contributed by atoms with Crippen molar-refractivity contribution in [1.82, 2.24) is 4.57 Å². The van der Waals surface area contributed by atoms with E-state index in [0.717, 1.165) is 16.7 Å². The van der Waals surface area contributed by atoms with Crippen molar-refractivity contribution in [2.45, 2.75) is 13.5 Å². The molecule has 3 rings (SSSR count). The third kappa shape index (κ3) is 3.34. The van der Waals surface area contributed by atoms with Crippen LogP contribution in [0.3, 0.4) is 0 Å². The van der Waals surface area contributed by atoms with Crippen LogP contribution in [0.25, 0.3) is 10.9 Å². The van der Waals surface area contributed by atoms with Crippen molar-refractivity contribution in [3.63, 3.8) is 0 Å². The number of aromatic nitrogens is 1. The van der Waals surface area contributed by atoms with Gasteiger partial charge in [0.15, 0.2) is 0 Å². The topological polar surface area (TPSA) is 43.3 Å². The fraction of sp³-hybridized carbons (Fsp3) is 0.167. The number of para-hydroxylation sites is 1. The number of nitrogens with one attached hydrogen (secondary N) is 1. The molecular weight excluding hydrogens is 295 g/mol. The molecule has 0 atom stereocenters. The number of fused-ring (bicyclic) bond motifs is 1. The molecule has 0 saturated carbocycles. The number of halogens is 1. The first-order chi connectivity index (χ1) is 11.2. The average Bonchev–Trinajstić information content (AvgIpc) is 2.92. The molecule has 0 fully saturated rings. The molecule has 0 aliphatic rings. The highest BCUT2D eigenvalue weighted by Crippen LogP contribution is 2.22. The monoisotopic (exact) mass is 312 g/mol. The second-order valence-corrected chi connectivity index (χ2v) is 5.13. The number of carbonyl (C=O) groups excluding carboxylic acids is 1. The SMILES string of the molecule is CCOc1ccc2c(ccn2CC(=O)Nc2ccccc2F)c1. The number of amides is 1. The zero-order valence-corrected chi connectivity index (χ0v) is 12.8. The highest BCUT2D eigenvalue weighted by atomic mass is 19.1. The third-order valence-electron chi connectivity index (χ3n) is 3.52. The Bertz CT molecular complexity index is 842. The molecule has 1 aromatic heterocycles. The van der Waals surface area contributed by atoms with Gasteiger partial charge in [0.1, 0.15) is 18.1 Å². The fourth-order valence-corrected chi connectivity index (χ4v) is 2.48. The summed E-state index contributed by atoms with van der Waals surface area (Å²) in [5.74, 6) is 0.0783. The van der Waals surface area contributed by atoms with Gasteiger partial charge in [-0.05, 0) is 43.3 Å². The molecule has 0 saturated heterocycles. The van der Waals surface area contributed by atoms with Gasteiger partial charge >= 0.3 is 0 Å². The minimum absolute atomic E-state index is 0.117. The number of benzene rings is 2. The Morgan fingerprint density at radius 3 is 2.83 bits per heavy atom. The molecule has 1 amide bonds. The minimum atomic E-state index is -0.445. The van der Waals surface area contributed by atoms with Gasteiger partial charge in [0.25, 0.3) is 0 Å². The zero-order valence-electron chi connectivity index (χ0n) is 12.8. The summed E-state index contributed by atoms with van der Waals surface area (Å²) in [4.78, 5) is 12.1. The van der Waals surface area contributed by atoms with Crippen LogP contribution in [-0.4, -0.2) is 17.1 Å². The van der Waals surface area contributed by atoms with E-state index < -0.39 is 5.82 Å². The van der Waals surface area contributed by atoms with E-state index in [4.69, 9.17) is 4.74 Å². The first-order valence-electron chi connectivity index (χ1n) is 7.43. The van der Waals surface area contributed by atoms with Crippen molar-refractivity contribution in [2.75, 3.05) is 11.9 Å². The second-order valence-electron chi connectivity index (χ2n) is 5.13. The highest BCUT2D eigenvalue weighted by Gasteiger charge is 2.09. The molecule has 0 bridgehead atoms. The summed E-state index contributed by atoms with van der Waals surface area (Å²) in [6.07, 6.45) is 1.83. The molecular formula is C18H17FN2O2. The molecule has 0 unspecified atom stereocenters. The number of carbonyl (C=O) groups is 1. The van der Waals surface area contributed by atoms with Crippen LogP contribution in [0, 0.1) is 5.82 Å². The summed E-state index contributed by atoms with van der Waals surface area (Å²) < 4.78 is 20.9. The van der Waals surface area contributed by atoms with Crippen molar-refractivity contribution in [3.05, 3.63) is 60.5 Å². The van der Waals surface area contributed by atoms with E-state index >= 15 is 0 Å². The maximum Gasteiger partial charge on any atom is 0.244 e. The van der Waals surface area contributed by atoms with E-state index in [9.17, 15) is 9.18 Å². The lowest BCUT2D eigenvalue weighted by Gasteiger charge is -2.09. The molecule has 3 aromatic rings. The Kier molecular flexibility index (Phi) is 4.28. The van der Waals surface area contributed by atoms with E-state index in [1.807, 2.05) is 42.0 Å². The highest BCUT2D eigenvalue weighted by molar-refractivity contribution is 5.92. The summed E-state index contributed by atoms with van der Waals surface area (Å²) in [6, 6.07) is 13.8. The molecule has 118 valence electrons. The van der Waals surface area contributed by atoms with Crippen LogP contribution in [0.4, 0.5) is 10.1 Å². The molecule has 1 heterocycles. The largest absolute Gasteiger partial charge is 0.494 e. The van der Waals surface area contributed by atoms with Crippen LogP contribution >= 0.6 is 0 Å². The van der Waals surface area contributed by atoms with Gasteiger partial charge in [0, 0.05) is 17.1 Å². The summed E-state index contributed by atoms with van der Waals surface area (Å²) in [7, 11) is 0. The molecule has 5 heteroatoms. The number of rotatable bonds is 5. The van der Waals surface area contributed by atoms with Crippen LogP contribution in [0.1, 0.15) is 6.92 Å². The number of nitrogens with zero attached hydrogens (tertiary/aromatic N) is 1. The predicted octanol–water partition coefficient (Wildman–Crippen LogP) is 3.82. The Balaban J connectivity index is 1.76. The average molecular weight is 312 g/mol. The lowest BCUT2D eigenvalue weighted by molar-refractivity contribution is -0.116. The van der Waals surface area contributed by atoms with Gasteiger partial charge in [0.2, 0.25) is 5.91 Å². The first kappa shape index (κ1) is 15.1. The lowest BCUT2D eigenvalue weighted by atomic mass is 10.2. The summed E-state index contributed by atoms with van der Waals surface area (Å²) >= 11 is 0. The fourth-order valence-electron chi connectivity index (χ4n) is 2.48. The van der Waals surface area contributed by atoms with Crippen LogP contribution in [-0.2, 0) is 11.3 Å². The maximum atomic E-state index is 13.6. The second kappa shape index (κ2) is 6.52. The van der Waals surface area contributed by atoms with Crippen molar-refractivity contribution >= 4 is 22.5 Å². The molecule has 0 aliphatic heterocycles. The molecule has 2 aromatic carbocycles. The smallest absolute Gasteiger partial charge is 0.244 e. The van der Waals surface area contributed by atoms with Crippen LogP contribution in [0.2, 0.25) is 0 Å². The summed E-state index contributed by atoms with van der Waals surface area (Å²) in [6.45, 7) is 2.66. The molecule has 0 radical (unpaired) electrons. The molecule has 0 spiro atoms.